The Morgan fingerprint density at radius 3 is 0.806 bits per heavy atom. The maximum absolute atomic E-state index is 12.9. The molecule has 0 N–H and O–H groups in total. The first kappa shape index (κ1) is 69.1. The van der Waals surface area contributed by atoms with Gasteiger partial charge in [0.15, 0.2) is 6.10 Å². The molecule has 0 aromatic carbocycles. The van der Waals surface area contributed by atoms with Crippen LogP contribution in [0, 0.1) is 0 Å². The highest BCUT2D eigenvalue weighted by molar-refractivity contribution is 5.71. The molecule has 6 heteroatoms. The number of hydrogen-bond acceptors (Lipinski definition) is 6. The highest BCUT2D eigenvalue weighted by Crippen LogP contribution is 2.16. The van der Waals surface area contributed by atoms with E-state index in [0.29, 0.717) is 19.3 Å². The molecule has 6 nitrogen and oxygen atoms in total. The molecule has 0 saturated heterocycles. The Morgan fingerprint density at radius 1 is 0.278 bits per heavy atom. The summed E-state index contributed by atoms with van der Waals surface area (Å²) in [7, 11) is 0. The molecule has 0 aromatic rings. The molecular weight excluding hydrogens is 889 g/mol. The van der Waals surface area contributed by atoms with E-state index in [1.165, 1.54) is 186 Å². The Hall–Kier alpha value is -2.89. The molecule has 0 aliphatic rings. The molecule has 0 rings (SSSR count). The van der Waals surface area contributed by atoms with Gasteiger partial charge in [0, 0.05) is 19.3 Å². The summed E-state index contributed by atoms with van der Waals surface area (Å²) >= 11 is 0. The van der Waals surface area contributed by atoms with Crippen molar-refractivity contribution in [1.82, 2.24) is 0 Å². The van der Waals surface area contributed by atoms with Gasteiger partial charge in [0.2, 0.25) is 0 Å². The minimum absolute atomic E-state index is 0.0772. The largest absolute Gasteiger partial charge is 0.462 e. The zero-order chi connectivity index (χ0) is 52.2. The van der Waals surface area contributed by atoms with Gasteiger partial charge in [-0.15, -0.1) is 0 Å². The van der Waals surface area contributed by atoms with Gasteiger partial charge < -0.3 is 14.2 Å². The molecule has 0 fully saturated rings. The molecule has 0 bridgehead atoms. The average Bonchev–Trinajstić information content (AvgIpc) is 3.38. The standard InChI is InChI=1S/C66H118O6/c1-4-7-10-13-16-19-22-25-27-28-29-30-31-32-33-34-35-36-37-38-40-41-44-47-50-53-56-59-65(68)71-62-63(61-70-64(67)58-55-52-49-46-43-24-21-18-15-12-9-6-3)72-66(69)60-57-54-51-48-45-42-39-26-23-20-17-14-11-8-5-2/h17,20,22,25-26,28-29,31-32,39,63H,4-16,18-19,21,23-24,27,30,33-38,40-62H2,1-3H3/b20-17-,25-22-,29-28-,32-31-,39-26-. The van der Waals surface area contributed by atoms with E-state index in [4.69, 9.17) is 14.2 Å². The molecule has 418 valence electrons. The Kier molecular flexibility index (Phi) is 58.2. The number of esters is 3. The van der Waals surface area contributed by atoms with Gasteiger partial charge >= 0.3 is 17.9 Å². The van der Waals surface area contributed by atoms with Crippen molar-refractivity contribution in [3.8, 4) is 0 Å². The van der Waals surface area contributed by atoms with Crippen molar-refractivity contribution in [3.05, 3.63) is 60.8 Å². The van der Waals surface area contributed by atoms with Gasteiger partial charge in [0.1, 0.15) is 13.2 Å². The monoisotopic (exact) mass is 1010 g/mol. The third-order valence-corrected chi connectivity index (χ3v) is 13.7. The van der Waals surface area contributed by atoms with Crippen LogP contribution in [0.4, 0.5) is 0 Å². The second-order valence-electron chi connectivity index (χ2n) is 21.0. The van der Waals surface area contributed by atoms with Crippen molar-refractivity contribution in [3.63, 3.8) is 0 Å². The van der Waals surface area contributed by atoms with Crippen LogP contribution in [-0.4, -0.2) is 37.2 Å². The van der Waals surface area contributed by atoms with Gasteiger partial charge in [-0.2, -0.15) is 0 Å². The van der Waals surface area contributed by atoms with Crippen LogP contribution in [0.2, 0.25) is 0 Å². The first-order valence-electron chi connectivity index (χ1n) is 31.3. The van der Waals surface area contributed by atoms with Crippen LogP contribution >= 0.6 is 0 Å². The Labute approximate surface area is 447 Å². The van der Waals surface area contributed by atoms with Crippen LogP contribution < -0.4 is 0 Å². The van der Waals surface area contributed by atoms with E-state index in [2.05, 4.69) is 81.5 Å². The summed E-state index contributed by atoms with van der Waals surface area (Å²) in [6.45, 7) is 6.62. The van der Waals surface area contributed by atoms with Crippen LogP contribution in [-0.2, 0) is 28.6 Å². The van der Waals surface area contributed by atoms with E-state index in [9.17, 15) is 14.4 Å². The fourth-order valence-electron chi connectivity index (χ4n) is 9.01. The fraction of sp³-hybridized carbons (Fsp3) is 0.803. The maximum Gasteiger partial charge on any atom is 0.306 e. The highest BCUT2D eigenvalue weighted by Gasteiger charge is 2.19. The van der Waals surface area contributed by atoms with Crippen molar-refractivity contribution < 1.29 is 28.6 Å². The Balaban J connectivity index is 4.24. The normalized spacial score (nSPS) is 12.4. The quantitative estimate of drug-likeness (QED) is 0.0261. The Morgan fingerprint density at radius 2 is 0.500 bits per heavy atom. The van der Waals surface area contributed by atoms with E-state index in [-0.39, 0.29) is 31.1 Å². The van der Waals surface area contributed by atoms with Crippen LogP contribution in [0.15, 0.2) is 60.8 Å². The first-order chi connectivity index (χ1) is 35.5. The number of unbranched alkanes of at least 4 members (excludes halogenated alkanes) is 36. The zero-order valence-corrected chi connectivity index (χ0v) is 47.9. The lowest BCUT2D eigenvalue weighted by Crippen LogP contribution is -2.30. The number of hydrogen-bond donors (Lipinski definition) is 0. The molecule has 0 aliphatic heterocycles. The second-order valence-corrected chi connectivity index (χ2v) is 21.0. The Bertz CT molecular complexity index is 1290. The molecule has 0 aromatic heterocycles. The third-order valence-electron chi connectivity index (χ3n) is 13.7. The summed E-state index contributed by atoms with van der Waals surface area (Å²) < 4.78 is 16.9. The molecule has 0 amide bonds. The van der Waals surface area contributed by atoms with Gasteiger partial charge in [-0.3, -0.25) is 14.4 Å². The smallest absolute Gasteiger partial charge is 0.306 e. The van der Waals surface area contributed by atoms with Gasteiger partial charge in [-0.25, -0.2) is 0 Å². The van der Waals surface area contributed by atoms with E-state index in [1.54, 1.807) is 0 Å². The number of rotatable bonds is 57. The molecule has 1 unspecified atom stereocenters. The minimum atomic E-state index is -0.780. The number of ether oxygens (including phenoxy) is 3. The predicted octanol–water partition coefficient (Wildman–Crippen LogP) is 21.2. The lowest BCUT2D eigenvalue weighted by Gasteiger charge is -2.18. The second kappa shape index (κ2) is 60.7. The lowest BCUT2D eigenvalue weighted by atomic mass is 10.0. The topological polar surface area (TPSA) is 78.9 Å². The lowest BCUT2D eigenvalue weighted by molar-refractivity contribution is -0.167. The van der Waals surface area contributed by atoms with Crippen molar-refractivity contribution in [2.75, 3.05) is 13.2 Å². The predicted molar refractivity (Wildman–Crippen MR) is 312 cm³/mol. The van der Waals surface area contributed by atoms with Gasteiger partial charge in [0.05, 0.1) is 0 Å². The van der Waals surface area contributed by atoms with Crippen LogP contribution in [0.3, 0.4) is 0 Å². The van der Waals surface area contributed by atoms with Crippen LogP contribution in [0.25, 0.3) is 0 Å². The minimum Gasteiger partial charge on any atom is -0.462 e. The SMILES string of the molecule is CCCCC/C=C\C/C=C\CCCCCCCC(=O)OC(COC(=O)CCCCCCCCCCCCCC)COC(=O)CCCCCCCCCCCCCC/C=C\C/C=C\C/C=C\CCCCCCC. The van der Waals surface area contributed by atoms with E-state index >= 15 is 0 Å². The maximum atomic E-state index is 12.9. The molecule has 0 spiro atoms. The van der Waals surface area contributed by atoms with Crippen LogP contribution in [0.1, 0.15) is 323 Å². The van der Waals surface area contributed by atoms with Crippen molar-refractivity contribution in [2.45, 2.75) is 329 Å². The number of carbonyl (C=O) groups excluding carboxylic acids is 3. The fourth-order valence-corrected chi connectivity index (χ4v) is 9.01. The third kappa shape index (κ3) is 58.0. The summed E-state index contributed by atoms with van der Waals surface area (Å²) in [5.41, 5.74) is 0. The van der Waals surface area contributed by atoms with Crippen molar-refractivity contribution in [1.29, 1.82) is 0 Å². The van der Waals surface area contributed by atoms with E-state index in [1.807, 2.05) is 0 Å². The van der Waals surface area contributed by atoms with Crippen molar-refractivity contribution >= 4 is 17.9 Å². The summed E-state index contributed by atoms with van der Waals surface area (Å²) in [5.74, 6) is -0.879. The average molecular weight is 1010 g/mol. The molecule has 72 heavy (non-hydrogen) atoms. The summed E-state index contributed by atoms with van der Waals surface area (Å²) in [5, 5.41) is 0. The van der Waals surface area contributed by atoms with E-state index in [0.717, 1.165) is 96.3 Å². The van der Waals surface area contributed by atoms with Gasteiger partial charge in [-0.1, -0.05) is 274 Å². The number of carbonyl (C=O) groups is 3. The zero-order valence-electron chi connectivity index (χ0n) is 47.9. The first-order valence-corrected chi connectivity index (χ1v) is 31.3. The van der Waals surface area contributed by atoms with Crippen LogP contribution in [0.5, 0.6) is 0 Å². The molecule has 0 saturated carbocycles. The van der Waals surface area contributed by atoms with Gasteiger partial charge in [0.25, 0.3) is 0 Å². The molecular formula is C66H118O6. The van der Waals surface area contributed by atoms with Crippen molar-refractivity contribution in [2.24, 2.45) is 0 Å². The molecule has 1 atom stereocenters. The summed E-state index contributed by atoms with van der Waals surface area (Å²) in [6.07, 6.45) is 76.5. The summed E-state index contributed by atoms with van der Waals surface area (Å²) in [6, 6.07) is 0. The summed E-state index contributed by atoms with van der Waals surface area (Å²) in [4.78, 5) is 38.2. The molecule has 0 radical (unpaired) electrons. The molecule has 0 heterocycles. The van der Waals surface area contributed by atoms with E-state index < -0.39 is 6.10 Å². The highest BCUT2D eigenvalue weighted by atomic mass is 16.6. The van der Waals surface area contributed by atoms with Gasteiger partial charge in [-0.05, 0) is 89.9 Å². The molecule has 0 aliphatic carbocycles. The number of allylic oxidation sites excluding steroid dienone is 10.